The highest BCUT2D eigenvalue weighted by Crippen LogP contribution is 2.23. The van der Waals surface area contributed by atoms with E-state index in [0.717, 1.165) is 17.9 Å². The SMILES string of the molecule is Cc1ncsc1CCC(CNC1CC1)C(C)C. The second-order valence-electron chi connectivity index (χ2n) is 5.59. The molecule has 2 rings (SSSR count). The maximum atomic E-state index is 4.33. The average molecular weight is 252 g/mol. The number of aryl methyl sites for hydroxylation is 2. The summed E-state index contributed by atoms with van der Waals surface area (Å²) in [6, 6.07) is 0.835. The van der Waals surface area contributed by atoms with Crippen LogP contribution in [0, 0.1) is 18.8 Å². The molecule has 1 atom stereocenters. The minimum atomic E-state index is 0.773. The van der Waals surface area contributed by atoms with Gasteiger partial charge in [0.05, 0.1) is 11.2 Å². The van der Waals surface area contributed by atoms with Gasteiger partial charge in [-0.05, 0) is 51.0 Å². The number of aromatic nitrogens is 1. The zero-order chi connectivity index (χ0) is 12.3. The van der Waals surface area contributed by atoms with E-state index < -0.39 is 0 Å². The molecule has 0 spiro atoms. The van der Waals surface area contributed by atoms with Crippen LogP contribution >= 0.6 is 11.3 Å². The Hall–Kier alpha value is -0.410. The van der Waals surface area contributed by atoms with Crippen LogP contribution in [0.2, 0.25) is 0 Å². The quantitative estimate of drug-likeness (QED) is 0.804. The van der Waals surface area contributed by atoms with Gasteiger partial charge in [-0.1, -0.05) is 13.8 Å². The Labute approximate surface area is 109 Å². The van der Waals surface area contributed by atoms with Crippen molar-refractivity contribution >= 4 is 11.3 Å². The maximum absolute atomic E-state index is 4.33. The van der Waals surface area contributed by atoms with E-state index in [-0.39, 0.29) is 0 Å². The molecule has 0 radical (unpaired) electrons. The summed E-state index contributed by atoms with van der Waals surface area (Å²) in [6.45, 7) is 8.01. The third-order valence-electron chi connectivity index (χ3n) is 3.78. The standard InChI is InChI=1S/C14H24N2S/c1-10(2)12(8-15-13-5-6-13)4-7-14-11(3)16-9-17-14/h9-10,12-13,15H,4-8H2,1-3H3. The zero-order valence-electron chi connectivity index (χ0n) is 11.2. The van der Waals surface area contributed by atoms with E-state index in [1.165, 1.54) is 42.8 Å². The van der Waals surface area contributed by atoms with E-state index in [1.54, 1.807) is 0 Å². The number of thiazole rings is 1. The van der Waals surface area contributed by atoms with Gasteiger partial charge in [-0.3, -0.25) is 0 Å². The Morgan fingerprint density at radius 3 is 2.76 bits per heavy atom. The lowest BCUT2D eigenvalue weighted by molar-refractivity contribution is 0.340. The fourth-order valence-electron chi connectivity index (χ4n) is 2.16. The second kappa shape index (κ2) is 5.96. The molecule has 3 heteroatoms. The summed E-state index contributed by atoms with van der Waals surface area (Å²) >= 11 is 1.81. The van der Waals surface area contributed by atoms with Gasteiger partial charge in [0.25, 0.3) is 0 Å². The molecule has 1 N–H and O–H groups in total. The van der Waals surface area contributed by atoms with Gasteiger partial charge in [-0.25, -0.2) is 4.98 Å². The number of rotatable bonds is 7. The van der Waals surface area contributed by atoms with Crippen molar-refractivity contribution in [3.63, 3.8) is 0 Å². The van der Waals surface area contributed by atoms with E-state index in [1.807, 2.05) is 16.8 Å². The molecule has 2 nitrogen and oxygen atoms in total. The second-order valence-corrected chi connectivity index (χ2v) is 6.53. The Kier molecular flexibility index (Phi) is 4.57. The van der Waals surface area contributed by atoms with E-state index in [9.17, 15) is 0 Å². The first kappa shape index (κ1) is 13.0. The lowest BCUT2D eigenvalue weighted by atomic mass is 9.90. The fourth-order valence-corrected chi connectivity index (χ4v) is 2.96. The van der Waals surface area contributed by atoms with Crippen LogP contribution in [-0.2, 0) is 6.42 Å². The van der Waals surface area contributed by atoms with E-state index in [2.05, 4.69) is 31.1 Å². The predicted octanol–water partition coefficient (Wildman–Crippen LogP) is 3.41. The summed E-state index contributed by atoms with van der Waals surface area (Å²) in [5.41, 5.74) is 3.20. The monoisotopic (exact) mass is 252 g/mol. The minimum absolute atomic E-state index is 0.773. The Morgan fingerprint density at radius 1 is 1.47 bits per heavy atom. The largest absolute Gasteiger partial charge is 0.314 e. The van der Waals surface area contributed by atoms with Gasteiger partial charge in [-0.15, -0.1) is 11.3 Å². The molecule has 0 amide bonds. The van der Waals surface area contributed by atoms with Crippen molar-refractivity contribution in [1.29, 1.82) is 0 Å². The fraction of sp³-hybridized carbons (Fsp3) is 0.786. The first-order chi connectivity index (χ1) is 8.16. The van der Waals surface area contributed by atoms with Crippen molar-refractivity contribution < 1.29 is 0 Å². The Morgan fingerprint density at radius 2 is 2.24 bits per heavy atom. The molecule has 1 aliphatic rings. The molecule has 0 aromatic carbocycles. The zero-order valence-corrected chi connectivity index (χ0v) is 12.0. The molecule has 1 unspecified atom stereocenters. The van der Waals surface area contributed by atoms with Gasteiger partial charge in [0.1, 0.15) is 0 Å². The van der Waals surface area contributed by atoms with Crippen LogP contribution in [0.5, 0.6) is 0 Å². The average Bonchev–Trinajstić information content (AvgIpc) is 3.02. The number of nitrogens with one attached hydrogen (secondary N) is 1. The van der Waals surface area contributed by atoms with Gasteiger partial charge < -0.3 is 5.32 Å². The number of nitrogens with zero attached hydrogens (tertiary/aromatic N) is 1. The van der Waals surface area contributed by atoms with Crippen molar-refractivity contribution in [1.82, 2.24) is 10.3 Å². The topological polar surface area (TPSA) is 24.9 Å². The van der Waals surface area contributed by atoms with Crippen LogP contribution in [0.1, 0.15) is 43.7 Å². The highest BCUT2D eigenvalue weighted by Gasteiger charge is 2.23. The molecule has 1 saturated carbocycles. The van der Waals surface area contributed by atoms with Crippen molar-refractivity contribution in [3.05, 3.63) is 16.1 Å². The summed E-state index contributed by atoms with van der Waals surface area (Å²) in [5, 5.41) is 3.67. The predicted molar refractivity (Wildman–Crippen MR) is 74.5 cm³/mol. The molecule has 0 bridgehead atoms. The van der Waals surface area contributed by atoms with Crippen molar-refractivity contribution in [2.24, 2.45) is 11.8 Å². The molecule has 1 fully saturated rings. The summed E-state index contributed by atoms with van der Waals surface area (Å²) in [7, 11) is 0. The molecule has 1 heterocycles. The van der Waals surface area contributed by atoms with E-state index >= 15 is 0 Å². The van der Waals surface area contributed by atoms with Gasteiger partial charge in [0, 0.05) is 10.9 Å². The molecular formula is C14H24N2S. The maximum Gasteiger partial charge on any atom is 0.0797 e. The molecule has 1 aliphatic carbocycles. The Balaban J connectivity index is 1.78. The molecule has 1 aromatic rings. The number of hydrogen-bond acceptors (Lipinski definition) is 3. The van der Waals surface area contributed by atoms with Crippen LogP contribution in [0.4, 0.5) is 0 Å². The van der Waals surface area contributed by atoms with Crippen LogP contribution in [0.25, 0.3) is 0 Å². The summed E-state index contributed by atoms with van der Waals surface area (Å²) in [4.78, 5) is 5.80. The van der Waals surface area contributed by atoms with Crippen molar-refractivity contribution in [3.8, 4) is 0 Å². The van der Waals surface area contributed by atoms with Crippen LogP contribution in [0.15, 0.2) is 5.51 Å². The number of hydrogen-bond donors (Lipinski definition) is 1. The molecular weight excluding hydrogens is 228 g/mol. The van der Waals surface area contributed by atoms with Gasteiger partial charge >= 0.3 is 0 Å². The van der Waals surface area contributed by atoms with Crippen LogP contribution < -0.4 is 5.32 Å². The van der Waals surface area contributed by atoms with Gasteiger partial charge in [-0.2, -0.15) is 0 Å². The van der Waals surface area contributed by atoms with Crippen LogP contribution in [0.3, 0.4) is 0 Å². The third kappa shape index (κ3) is 4.07. The summed E-state index contributed by atoms with van der Waals surface area (Å²) in [6.07, 6.45) is 5.27. The van der Waals surface area contributed by atoms with E-state index in [0.29, 0.717) is 0 Å². The summed E-state index contributed by atoms with van der Waals surface area (Å²) < 4.78 is 0. The lowest BCUT2D eigenvalue weighted by Gasteiger charge is -2.21. The molecule has 17 heavy (non-hydrogen) atoms. The third-order valence-corrected chi connectivity index (χ3v) is 4.77. The molecule has 1 aromatic heterocycles. The van der Waals surface area contributed by atoms with Crippen molar-refractivity contribution in [2.45, 2.75) is 52.5 Å². The smallest absolute Gasteiger partial charge is 0.0797 e. The van der Waals surface area contributed by atoms with Crippen molar-refractivity contribution in [2.75, 3.05) is 6.54 Å². The Bertz CT molecular complexity index is 342. The van der Waals surface area contributed by atoms with Gasteiger partial charge in [0.15, 0.2) is 0 Å². The van der Waals surface area contributed by atoms with Gasteiger partial charge in [0.2, 0.25) is 0 Å². The first-order valence-corrected chi connectivity index (χ1v) is 7.67. The summed E-state index contributed by atoms with van der Waals surface area (Å²) in [5.74, 6) is 1.58. The highest BCUT2D eigenvalue weighted by atomic mass is 32.1. The molecule has 96 valence electrons. The van der Waals surface area contributed by atoms with E-state index in [4.69, 9.17) is 0 Å². The first-order valence-electron chi connectivity index (χ1n) is 6.79. The molecule has 0 aliphatic heterocycles. The minimum Gasteiger partial charge on any atom is -0.314 e. The lowest BCUT2D eigenvalue weighted by Crippen LogP contribution is -2.28. The normalized spacial score (nSPS) is 17.6. The molecule has 0 saturated heterocycles. The highest BCUT2D eigenvalue weighted by molar-refractivity contribution is 7.09. The van der Waals surface area contributed by atoms with Crippen LogP contribution in [-0.4, -0.2) is 17.6 Å².